The summed E-state index contributed by atoms with van der Waals surface area (Å²) >= 11 is 5.37. The number of aryl methyl sites for hydroxylation is 1. The number of ether oxygens (including phenoxy) is 1. The van der Waals surface area contributed by atoms with Crippen molar-refractivity contribution in [1.82, 2.24) is 14.9 Å². The van der Waals surface area contributed by atoms with Gasteiger partial charge in [0.25, 0.3) is 11.5 Å². The molecule has 0 saturated heterocycles. The third kappa shape index (κ3) is 4.08. The van der Waals surface area contributed by atoms with Gasteiger partial charge in [0, 0.05) is 25.8 Å². The Morgan fingerprint density at radius 1 is 1.30 bits per heavy atom. The maximum absolute atomic E-state index is 12.9. The zero-order valence-electron chi connectivity index (χ0n) is 16.9. The first-order chi connectivity index (χ1) is 14.6. The van der Waals surface area contributed by atoms with E-state index in [4.69, 9.17) is 17.0 Å². The molecule has 0 radical (unpaired) electrons. The normalized spacial score (nSPS) is 15.7. The maximum Gasteiger partial charge on any atom is 0.262 e. The van der Waals surface area contributed by atoms with Gasteiger partial charge in [-0.15, -0.1) is 0 Å². The summed E-state index contributed by atoms with van der Waals surface area (Å²) in [6.07, 6.45) is 3.72. The molecule has 0 fully saturated rings. The lowest BCUT2D eigenvalue weighted by molar-refractivity contribution is 0.0933. The molecule has 4 rings (SSSR count). The van der Waals surface area contributed by atoms with Crippen molar-refractivity contribution in [2.45, 2.75) is 38.3 Å². The second-order valence-corrected chi connectivity index (χ2v) is 8.00. The van der Waals surface area contributed by atoms with Gasteiger partial charge in [0.05, 0.1) is 16.9 Å². The molecule has 156 valence electrons. The molecule has 1 aromatic heterocycles. The molecular weight excluding hydrogens is 398 g/mol. The van der Waals surface area contributed by atoms with Gasteiger partial charge in [0.2, 0.25) is 0 Å². The quantitative estimate of drug-likeness (QED) is 0.466. The predicted octanol–water partition coefficient (Wildman–Crippen LogP) is 3.90. The van der Waals surface area contributed by atoms with Crippen molar-refractivity contribution in [1.29, 1.82) is 0 Å². The third-order valence-corrected chi connectivity index (χ3v) is 5.97. The molecule has 2 N–H and O–H groups in total. The van der Waals surface area contributed by atoms with E-state index in [9.17, 15) is 9.59 Å². The molecule has 1 heterocycles. The van der Waals surface area contributed by atoms with Gasteiger partial charge in [-0.05, 0) is 67.2 Å². The number of amides is 1. The van der Waals surface area contributed by atoms with Crippen molar-refractivity contribution in [2.75, 3.05) is 13.7 Å². The van der Waals surface area contributed by atoms with Gasteiger partial charge in [-0.3, -0.25) is 14.2 Å². The van der Waals surface area contributed by atoms with E-state index in [1.807, 2.05) is 12.1 Å². The summed E-state index contributed by atoms with van der Waals surface area (Å²) in [5.41, 5.74) is 3.41. The molecule has 1 aliphatic carbocycles. The van der Waals surface area contributed by atoms with Crippen LogP contribution in [0.25, 0.3) is 10.9 Å². The molecular formula is C23H25N3O3S. The van der Waals surface area contributed by atoms with Crippen LogP contribution in [0.3, 0.4) is 0 Å². The van der Waals surface area contributed by atoms with E-state index in [0.29, 0.717) is 40.8 Å². The smallest absolute Gasteiger partial charge is 0.262 e. The molecule has 0 bridgehead atoms. The number of carbonyl (C=O) groups is 1. The minimum atomic E-state index is -0.155. The average molecular weight is 424 g/mol. The van der Waals surface area contributed by atoms with E-state index in [1.165, 1.54) is 15.7 Å². The number of benzene rings is 2. The first-order valence-corrected chi connectivity index (χ1v) is 10.6. The van der Waals surface area contributed by atoms with Crippen molar-refractivity contribution in [2.24, 2.45) is 0 Å². The van der Waals surface area contributed by atoms with Gasteiger partial charge in [-0.1, -0.05) is 24.3 Å². The number of aromatic amines is 1. The number of H-pyrrole nitrogens is 1. The molecule has 30 heavy (non-hydrogen) atoms. The molecule has 3 aromatic rings. The summed E-state index contributed by atoms with van der Waals surface area (Å²) in [7, 11) is 1.63. The minimum absolute atomic E-state index is 0.00502. The van der Waals surface area contributed by atoms with Crippen LogP contribution < -0.4 is 10.9 Å². The fourth-order valence-corrected chi connectivity index (χ4v) is 4.40. The van der Waals surface area contributed by atoms with Crippen molar-refractivity contribution < 1.29 is 9.53 Å². The zero-order valence-corrected chi connectivity index (χ0v) is 17.8. The Kier molecular flexibility index (Phi) is 6.11. The van der Waals surface area contributed by atoms with E-state index < -0.39 is 0 Å². The Bertz CT molecular complexity index is 1200. The maximum atomic E-state index is 12.9. The lowest BCUT2D eigenvalue weighted by Crippen LogP contribution is -2.31. The number of carbonyl (C=O) groups excluding carboxylic acids is 1. The summed E-state index contributed by atoms with van der Waals surface area (Å²) < 4.78 is 6.94. The Morgan fingerprint density at radius 2 is 2.13 bits per heavy atom. The van der Waals surface area contributed by atoms with Gasteiger partial charge < -0.3 is 15.0 Å². The Hall–Kier alpha value is -2.77. The van der Waals surface area contributed by atoms with Gasteiger partial charge in [-0.25, -0.2) is 0 Å². The number of rotatable bonds is 6. The fraction of sp³-hybridized carbons (Fsp3) is 0.348. The Morgan fingerprint density at radius 3 is 2.97 bits per heavy atom. The molecule has 1 unspecified atom stereocenters. The van der Waals surface area contributed by atoms with E-state index in [2.05, 4.69) is 22.4 Å². The number of hydrogen-bond donors (Lipinski definition) is 2. The Labute approximate surface area is 179 Å². The molecule has 7 heteroatoms. The SMILES string of the molecule is COCCCn1c(=S)[nH]c2cc(C(=O)NC3CCCc4ccccc43)ccc2c1=O. The first kappa shape index (κ1) is 20.5. The van der Waals surface area contributed by atoms with E-state index in [0.717, 1.165) is 19.3 Å². The van der Waals surface area contributed by atoms with E-state index >= 15 is 0 Å². The number of methoxy groups -OCH3 is 1. The third-order valence-electron chi connectivity index (χ3n) is 5.65. The van der Waals surface area contributed by atoms with Crippen molar-refractivity contribution in [3.8, 4) is 0 Å². The highest BCUT2D eigenvalue weighted by atomic mass is 32.1. The molecule has 2 aromatic carbocycles. The van der Waals surface area contributed by atoms with Crippen LogP contribution in [0.15, 0.2) is 47.3 Å². The number of hydrogen-bond acceptors (Lipinski definition) is 4. The standard InChI is InChI=1S/C23H25N3O3S/c1-29-13-5-12-26-22(28)18-11-10-16(14-20(18)25-23(26)30)21(27)24-19-9-4-7-15-6-2-3-8-17(15)19/h2-3,6,8,10-11,14,19H,4-5,7,9,12-13H2,1H3,(H,24,27)(H,25,30). The molecule has 1 aliphatic rings. The number of fused-ring (bicyclic) bond motifs is 2. The van der Waals surface area contributed by atoms with Crippen molar-refractivity contribution in [3.05, 3.63) is 74.3 Å². The summed E-state index contributed by atoms with van der Waals surface area (Å²) in [4.78, 5) is 28.8. The summed E-state index contributed by atoms with van der Waals surface area (Å²) in [5.74, 6) is -0.151. The van der Waals surface area contributed by atoms with Crippen LogP contribution in [0.2, 0.25) is 0 Å². The van der Waals surface area contributed by atoms with Gasteiger partial charge in [-0.2, -0.15) is 0 Å². The summed E-state index contributed by atoms with van der Waals surface area (Å²) in [6.45, 7) is 1.05. The van der Waals surface area contributed by atoms with Crippen LogP contribution in [0.5, 0.6) is 0 Å². The van der Waals surface area contributed by atoms with E-state index in [-0.39, 0.29) is 17.5 Å². The summed E-state index contributed by atoms with van der Waals surface area (Å²) in [5, 5.41) is 3.67. The van der Waals surface area contributed by atoms with Crippen molar-refractivity contribution in [3.63, 3.8) is 0 Å². The van der Waals surface area contributed by atoms with Crippen LogP contribution in [0.4, 0.5) is 0 Å². The molecule has 0 spiro atoms. The number of aromatic nitrogens is 2. The lowest BCUT2D eigenvalue weighted by atomic mass is 9.87. The first-order valence-electron chi connectivity index (χ1n) is 10.2. The molecule has 6 nitrogen and oxygen atoms in total. The highest BCUT2D eigenvalue weighted by Crippen LogP contribution is 2.29. The van der Waals surface area contributed by atoms with Gasteiger partial charge in [0.1, 0.15) is 0 Å². The monoisotopic (exact) mass is 423 g/mol. The van der Waals surface area contributed by atoms with Crippen LogP contribution in [0.1, 0.15) is 46.8 Å². The zero-order chi connectivity index (χ0) is 21.1. The molecule has 1 amide bonds. The van der Waals surface area contributed by atoms with Gasteiger partial charge >= 0.3 is 0 Å². The highest BCUT2D eigenvalue weighted by Gasteiger charge is 2.22. The van der Waals surface area contributed by atoms with Crippen molar-refractivity contribution >= 4 is 29.0 Å². The topological polar surface area (TPSA) is 76.1 Å². The molecule has 0 saturated carbocycles. The predicted molar refractivity (Wildman–Crippen MR) is 119 cm³/mol. The van der Waals surface area contributed by atoms with Crippen LogP contribution >= 0.6 is 12.2 Å². The van der Waals surface area contributed by atoms with Crippen LogP contribution in [-0.2, 0) is 17.7 Å². The Balaban J connectivity index is 1.60. The lowest BCUT2D eigenvalue weighted by Gasteiger charge is -2.26. The second kappa shape index (κ2) is 8.93. The van der Waals surface area contributed by atoms with Crippen LogP contribution in [-0.4, -0.2) is 29.2 Å². The summed E-state index contributed by atoms with van der Waals surface area (Å²) in [6, 6.07) is 13.4. The number of nitrogens with zero attached hydrogens (tertiary/aromatic N) is 1. The van der Waals surface area contributed by atoms with Crippen LogP contribution in [0, 0.1) is 4.77 Å². The second-order valence-electron chi connectivity index (χ2n) is 7.61. The molecule has 0 aliphatic heterocycles. The largest absolute Gasteiger partial charge is 0.385 e. The number of nitrogens with one attached hydrogen (secondary N) is 2. The van der Waals surface area contributed by atoms with E-state index in [1.54, 1.807) is 25.3 Å². The average Bonchev–Trinajstić information content (AvgIpc) is 2.76. The fourth-order valence-electron chi connectivity index (χ4n) is 4.11. The van der Waals surface area contributed by atoms with Gasteiger partial charge in [0.15, 0.2) is 4.77 Å². The highest BCUT2D eigenvalue weighted by molar-refractivity contribution is 7.71. The molecule has 1 atom stereocenters. The minimum Gasteiger partial charge on any atom is -0.385 e.